The third-order valence-electron chi connectivity index (χ3n) is 3.50. The molecule has 0 saturated heterocycles. The van der Waals surface area contributed by atoms with E-state index in [1.165, 1.54) is 0 Å². The lowest BCUT2D eigenvalue weighted by Crippen LogP contribution is -2.33. The summed E-state index contributed by atoms with van der Waals surface area (Å²) in [4.78, 5) is 24.3. The van der Waals surface area contributed by atoms with Crippen LogP contribution in [0.5, 0.6) is 0 Å². The number of rotatable bonds is 5. The average molecular weight is 284 g/mol. The van der Waals surface area contributed by atoms with Crippen LogP contribution in [0.3, 0.4) is 0 Å². The van der Waals surface area contributed by atoms with Gasteiger partial charge in [-0.25, -0.2) is 0 Å². The van der Waals surface area contributed by atoms with Crippen molar-refractivity contribution in [3.05, 3.63) is 47.5 Å². The van der Waals surface area contributed by atoms with Crippen LogP contribution in [0.15, 0.2) is 36.4 Å². The van der Waals surface area contributed by atoms with Crippen LogP contribution < -0.4 is 11.5 Å². The Labute approximate surface area is 124 Å². The van der Waals surface area contributed by atoms with Crippen LogP contribution in [0.25, 0.3) is 10.8 Å². The van der Waals surface area contributed by atoms with Gasteiger partial charge in [0.2, 0.25) is 5.91 Å². The number of benzene rings is 2. The van der Waals surface area contributed by atoms with E-state index in [9.17, 15) is 9.59 Å². The van der Waals surface area contributed by atoms with Crippen LogP contribution in [0, 0.1) is 5.92 Å². The molecule has 0 bridgehead atoms. The number of amides is 1. The maximum absolute atomic E-state index is 12.5. The molecule has 0 aliphatic rings. The van der Waals surface area contributed by atoms with Crippen molar-refractivity contribution in [3.8, 4) is 0 Å². The van der Waals surface area contributed by atoms with Crippen LogP contribution >= 0.6 is 0 Å². The van der Waals surface area contributed by atoms with Gasteiger partial charge in [0, 0.05) is 5.56 Å². The van der Waals surface area contributed by atoms with Gasteiger partial charge in [-0.05, 0) is 29.2 Å². The molecular formula is C17H20N2O2. The minimum absolute atomic E-state index is 0.233. The Balaban J connectivity index is 2.56. The molecule has 0 aliphatic heterocycles. The largest absolute Gasteiger partial charge is 0.366 e. The summed E-state index contributed by atoms with van der Waals surface area (Å²) in [6.45, 7) is 4.01. The average Bonchev–Trinajstić information content (AvgIpc) is 2.44. The molecule has 0 aromatic heterocycles. The first-order chi connectivity index (χ1) is 9.91. The number of fused-ring (bicyclic) bond motifs is 1. The van der Waals surface area contributed by atoms with Crippen LogP contribution in [0.2, 0.25) is 0 Å². The molecule has 0 fully saturated rings. The highest BCUT2D eigenvalue weighted by Crippen LogP contribution is 2.24. The zero-order chi connectivity index (χ0) is 15.6. The number of nitrogens with two attached hydrogens (primary N) is 2. The van der Waals surface area contributed by atoms with Crippen LogP contribution in [-0.4, -0.2) is 17.7 Å². The third-order valence-corrected chi connectivity index (χ3v) is 3.50. The molecule has 0 saturated carbocycles. The predicted octanol–water partition coefficient (Wildman–Crippen LogP) is 2.49. The third kappa shape index (κ3) is 3.11. The molecule has 21 heavy (non-hydrogen) atoms. The molecule has 1 atom stereocenters. The van der Waals surface area contributed by atoms with E-state index in [2.05, 4.69) is 0 Å². The lowest BCUT2D eigenvalue weighted by atomic mass is 9.91. The fourth-order valence-corrected chi connectivity index (χ4v) is 2.56. The first-order valence-electron chi connectivity index (χ1n) is 7.03. The summed E-state index contributed by atoms with van der Waals surface area (Å²) >= 11 is 0. The van der Waals surface area contributed by atoms with Crippen LogP contribution in [-0.2, 0) is 0 Å². The van der Waals surface area contributed by atoms with Gasteiger partial charge in [0.1, 0.15) is 0 Å². The summed E-state index contributed by atoms with van der Waals surface area (Å²) < 4.78 is 0. The minimum atomic E-state index is -0.621. The van der Waals surface area contributed by atoms with Crippen LogP contribution in [0.4, 0.5) is 0 Å². The van der Waals surface area contributed by atoms with Crippen LogP contribution in [0.1, 0.15) is 41.0 Å². The van der Waals surface area contributed by atoms with Gasteiger partial charge < -0.3 is 11.5 Å². The maximum Gasteiger partial charge on any atom is 0.250 e. The molecule has 110 valence electrons. The van der Waals surface area contributed by atoms with Crippen molar-refractivity contribution in [2.24, 2.45) is 17.4 Å². The van der Waals surface area contributed by atoms with Gasteiger partial charge in [-0.1, -0.05) is 44.2 Å². The van der Waals surface area contributed by atoms with Crippen molar-refractivity contribution in [3.63, 3.8) is 0 Å². The van der Waals surface area contributed by atoms with Crippen molar-refractivity contribution in [2.45, 2.75) is 26.3 Å². The van der Waals surface area contributed by atoms with Crippen molar-refractivity contribution in [2.75, 3.05) is 0 Å². The molecule has 0 spiro atoms. The molecule has 2 rings (SSSR count). The Kier molecular flexibility index (Phi) is 4.38. The fraction of sp³-hybridized carbons (Fsp3) is 0.294. The normalized spacial score (nSPS) is 12.6. The van der Waals surface area contributed by atoms with E-state index in [1.807, 2.05) is 38.1 Å². The fourth-order valence-electron chi connectivity index (χ4n) is 2.56. The van der Waals surface area contributed by atoms with E-state index in [-0.39, 0.29) is 11.3 Å². The minimum Gasteiger partial charge on any atom is -0.366 e. The number of hydrogen-bond donors (Lipinski definition) is 2. The molecule has 0 unspecified atom stereocenters. The molecule has 0 aliphatic carbocycles. The van der Waals surface area contributed by atoms with Gasteiger partial charge in [0.05, 0.1) is 11.6 Å². The highest BCUT2D eigenvalue weighted by Gasteiger charge is 2.23. The van der Waals surface area contributed by atoms with E-state index < -0.39 is 11.9 Å². The van der Waals surface area contributed by atoms with Crippen molar-refractivity contribution < 1.29 is 9.59 Å². The summed E-state index contributed by atoms with van der Waals surface area (Å²) in [5.74, 6) is -0.531. The second-order valence-electron chi connectivity index (χ2n) is 5.67. The second-order valence-corrected chi connectivity index (χ2v) is 5.67. The zero-order valence-electron chi connectivity index (χ0n) is 12.3. The highest BCUT2D eigenvalue weighted by molar-refractivity contribution is 6.16. The molecule has 2 aromatic carbocycles. The summed E-state index contributed by atoms with van der Waals surface area (Å²) in [6.07, 6.45) is 0.573. The second kappa shape index (κ2) is 6.06. The van der Waals surface area contributed by atoms with E-state index >= 15 is 0 Å². The topological polar surface area (TPSA) is 86.2 Å². The van der Waals surface area contributed by atoms with Crippen molar-refractivity contribution in [1.29, 1.82) is 0 Å². The van der Waals surface area contributed by atoms with Gasteiger partial charge in [-0.2, -0.15) is 0 Å². The Hall–Kier alpha value is -2.20. The monoisotopic (exact) mass is 284 g/mol. The van der Waals surface area contributed by atoms with Gasteiger partial charge in [0.15, 0.2) is 5.78 Å². The molecule has 4 nitrogen and oxygen atoms in total. The van der Waals surface area contributed by atoms with Gasteiger partial charge in [0.25, 0.3) is 0 Å². The first-order valence-corrected chi connectivity index (χ1v) is 7.03. The van der Waals surface area contributed by atoms with Crippen molar-refractivity contribution in [1.82, 2.24) is 0 Å². The summed E-state index contributed by atoms with van der Waals surface area (Å²) in [6, 6.07) is 10.2. The predicted molar refractivity (Wildman–Crippen MR) is 84.2 cm³/mol. The molecule has 4 heteroatoms. The van der Waals surface area contributed by atoms with Gasteiger partial charge >= 0.3 is 0 Å². The Morgan fingerprint density at radius 3 is 2.38 bits per heavy atom. The maximum atomic E-state index is 12.5. The molecule has 0 radical (unpaired) electrons. The summed E-state index contributed by atoms with van der Waals surface area (Å²) in [5, 5.41) is 1.56. The molecule has 0 heterocycles. The van der Waals surface area contributed by atoms with Gasteiger partial charge in [-0.15, -0.1) is 0 Å². The number of ketones is 1. The smallest absolute Gasteiger partial charge is 0.250 e. The lowest BCUT2D eigenvalue weighted by Gasteiger charge is -2.15. The molecule has 1 amide bonds. The Morgan fingerprint density at radius 2 is 1.76 bits per heavy atom. The SMILES string of the molecule is CC(C)C[C@H](N)C(=O)c1ccc2ccccc2c1C(N)=O. The lowest BCUT2D eigenvalue weighted by molar-refractivity contribution is 0.0935. The zero-order valence-corrected chi connectivity index (χ0v) is 12.3. The Morgan fingerprint density at radius 1 is 1.10 bits per heavy atom. The summed E-state index contributed by atoms with van der Waals surface area (Å²) in [7, 11) is 0. The number of Topliss-reactive ketones (excluding diaryl/α,β-unsaturated/α-hetero) is 1. The molecule has 4 N–H and O–H groups in total. The van der Waals surface area contributed by atoms with Gasteiger partial charge in [-0.3, -0.25) is 9.59 Å². The summed E-state index contributed by atoms with van der Waals surface area (Å²) in [5.41, 5.74) is 12.0. The van der Waals surface area contributed by atoms with E-state index in [4.69, 9.17) is 11.5 Å². The van der Waals surface area contributed by atoms with E-state index in [0.717, 1.165) is 5.39 Å². The molecular weight excluding hydrogens is 264 g/mol. The number of primary amides is 1. The number of carbonyl (C=O) groups excluding carboxylic acids is 2. The Bertz CT molecular complexity index is 692. The highest BCUT2D eigenvalue weighted by atomic mass is 16.1. The van der Waals surface area contributed by atoms with E-state index in [0.29, 0.717) is 23.3 Å². The molecule has 2 aromatic rings. The quantitative estimate of drug-likeness (QED) is 0.827. The van der Waals surface area contributed by atoms with E-state index in [1.54, 1.807) is 12.1 Å². The first kappa shape index (κ1) is 15.2. The standard InChI is InChI=1S/C17H20N2O2/c1-10(2)9-14(18)16(20)13-8-7-11-5-3-4-6-12(11)15(13)17(19)21/h3-8,10,14H,9,18H2,1-2H3,(H2,19,21)/t14-/m0/s1. The number of hydrogen-bond acceptors (Lipinski definition) is 3. The number of carbonyl (C=O) groups is 2. The van der Waals surface area contributed by atoms with Crippen molar-refractivity contribution >= 4 is 22.5 Å².